The van der Waals surface area contributed by atoms with Gasteiger partial charge in [0.2, 0.25) is 0 Å². The molecule has 0 aromatic heterocycles. The van der Waals surface area contributed by atoms with Gasteiger partial charge in [0.05, 0.1) is 6.61 Å². The van der Waals surface area contributed by atoms with Gasteiger partial charge in [-0.3, -0.25) is 0 Å². The summed E-state index contributed by atoms with van der Waals surface area (Å²) in [6.07, 6.45) is 3.51. The molecule has 28 heavy (non-hydrogen) atoms. The van der Waals surface area contributed by atoms with Crippen molar-refractivity contribution in [3.05, 3.63) is 83.9 Å². The molecule has 146 valence electrons. The number of benzene rings is 2. The lowest BCUT2D eigenvalue weighted by molar-refractivity contribution is -0.151. The summed E-state index contributed by atoms with van der Waals surface area (Å²) in [5.74, 6) is -0.824. The molecule has 1 spiro atoms. The zero-order valence-corrected chi connectivity index (χ0v) is 15.8. The van der Waals surface area contributed by atoms with E-state index in [9.17, 15) is 4.79 Å². The van der Waals surface area contributed by atoms with E-state index in [1.807, 2.05) is 48.6 Å². The van der Waals surface area contributed by atoms with Crippen molar-refractivity contribution in [2.45, 2.75) is 43.9 Å². The second-order valence-electron chi connectivity index (χ2n) is 6.95. The van der Waals surface area contributed by atoms with Gasteiger partial charge >= 0.3 is 6.16 Å². The van der Waals surface area contributed by atoms with Crippen LogP contribution in [0, 0.1) is 0 Å². The van der Waals surface area contributed by atoms with Gasteiger partial charge in [0.15, 0.2) is 5.79 Å². The smallest absolute Gasteiger partial charge is 0.435 e. The summed E-state index contributed by atoms with van der Waals surface area (Å²) in [6, 6.07) is 20.2. The Labute approximate surface area is 164 Å². The third-order valence-electron chi connectivity index (χ3n) is 5.04. The lowest BCUT2D eigenvalue weighted by Gasteiger charge is -2.30. The molecule has 2 aliphatic rings. The van der Waals surface area contributed by atoms with Crippen molar-refractivity contribution < 1.29 is 23.7 Å². The predicted octanol–water partition coefficient (Wildman–Crippen LogP) is 5.10. The first-order chi connectivity index (χ1) is 13.7. The summed E-state index contributed by atoms with van der Waals surface area (Å²) in [5, 5.41) is 0. The van der Waals surface area contributed by atoms with Gasteiger partial charge in [-0.25, -0.2) is 4.79 Å². The highest BCUT2D eigenvalue weighted by Gasteiger charge is 2.48. The first-order valence-corrected chi connectivity index (χ1v) is 9.67. The first kappa shape index (κ1) is 18.7. The maximum absolute atomic E-state index is 11.6. The molecule has 4 rings (SSSR count). The minimum atomic E-state index is -0.824. The van der Waals surface area contributed by atoms with Gasteiger partial charge in [0.25, 0.3) is 0 Å². The van der Waals surface area contributed by atoms with Crippen molar-refractivity contribution in [2.75, 3.05) is 6.61 Å². The zero-order valence-electron chi connectivity index (χ0n) is 15.8. The molecule has 1 fully saturated rings. The highest BCUT2D eigenvalue weighted by Crippen LogP contribution is 2.50. The molecule has 3 atom stereocenters. The molecule has 1 heterocycles. The maximum Gasteiger partial charge on any atom is 0.508 e. The quantitative estimate of drug-likeness (QED) is 0.545. The minimum Gasteiger partial charge on any atom is -0.435 e. The standard InChI is InChI=1S/C23H24O5/c1-2-25-22(24)26-19-13-15-23(16-14-19)27-20(17-9-5-3-6-10-17)21(28-23)18-11-7-4-8-12-18/h3-13,15,19-21H,2,14,16H2,1H3/t19-,20+,21+/m0/s1. The fraction of sp³-hybridized carbons (Fsp3) is 0.348. The van der Waals surface area contributed by atoms with E-state index < -0.39 is 11.9 Å². The summed E-state index contributed by atoms with van der Waals surface area (Å²) in [6.45, 7) is 2.05. The van der Waals surface area contributed by atoms with Crippen LogP contribution in [0.1, 0.15) is 43.1 Å². The summed E-state index contributed by atoms with van der Waals surface area (Å²) >= 11 is 0. The second kappa shape index (κ2) is 8.17. The summed E-state index contributed by atoms with van der Waals surface area (Å²) < 4.78 is 23.1. The Kier molecular flexibility index (Phi) is 5.46. The Morgan fingerprint density at radius 1 is 1.00 bits per heavy atom. The maximum atomic E-state index is 11.6. The third-order valence-corrected chi connectivity index (χ3v) is 5.04. The Morgan fingerprint density at radius 3 is 2.04 bits per heavy atom. The largest absolute Gasteiger partial charge is 0.508 e. The molecular weight excluding hydrogens is 356 g/mol. The summed E-state index contributed by atoms with van der Waals surface area (Å²) in [7, 11) is 0. The average Bonchev–Trinajstić information content (AvgIpc) is 3.11. The number of ether oxygens (including phenoxy) is 4. The Hall–Kier alpha value is -2.63. The molecule has 0 radical (unpaired) electrons. The lowest BCUT2D eigenvalue weighted by atomic mass is 9.99. The van der Waals surface area contributed by atoms with Crippen LogP contribution < -0.4 is 0 Å². The van der Waals surface area contributed by atoms with E-state index in [1.165, 1.54) is 0 Å². The molecule has 0 saturated carbocycles. The van der Waals surface area contributed by atoms with E-state index in [-0.39, 0.29) is 18.3 Å². The van der Waals surface area contributed by atoms with Crippen LogP contribution in [-0.4, -0.2) is 24.7 Å². The molecule has 0 unspecified atom stereocenters. The molecule has 0 amide bonds. The van der Waals surface area contributed by atoms with Crippen LogP contribution in [-0.2, 0) is 18.9 Å². The SMILES string of the molecule is CCOC(=O)O[C@H]1C=CC2(CC1)O[C@H](c1ccccc1)[C@@H](c1ccccc1)O2. The van der Waals surface area contributed by atoms with Crippen molar-refractivity contribution in [2.24, 2.45) is 0 Å². The average molecular weight is 380 g/mol. The predicted molar refractivity (Wildman–Crippen MR) is 104 cm³/mol. The zero-order chi connectivity index (χ0) is 19.4. The monoisotopic (exact) mass is 380 g/mol. The van der Waals surface area contributed by atoms with Gasteiger partial charge in [-0.15, -0.1) is 0 Å². The van der Waals surface area contributed by atoms with E-state index in [2.05, 4.69) is 24.3 Å². The molecule has 1 aliphatic carbocycles. The molecule has 5 nitrogen and oxygen atoms in total. The summed E-state index contributed by atoms with van der Waals surface area (Å²) in [5.41, 5.74) is 2.15. The van der Waals surface area contributed by atoms with Gasteiger partial charge < -0.3 is 18.9 Å². The number of rotatable bonds is 4. The van der Waals surface area contributed by atoms with Gasteiger partial charge in [0, 0.05) is 6.42 Å². The molecule has 2 aromatic rings. The van der Waals surface area contributed by atoms with Gasteiger partial charge in [-0.1, -0.05) is 60.7 Å². The first-order valence-electron chi connectivity index (χ1n) is 9.67. The van der Waals surface area contributed by atoms with Crippen molar-refractivity contribution in [3.8, 4) is 0 Å². The number of carbonyl (C=O) groups excluding carboxylic acids is 1. The highest BCUT2D eigenvalue weighted by molar-refractivity contribution is 5.60. The second-order valence-corrected chi connectivity index (χ2v) is 6.95. The molecular formula is C23H24O5. The van der Waals surface area contributed by atoms with Crippen LogP contribution in [0.2, 0.25) is 0 Å². The Bertz CT molecular complexity index is 770. The fourth-order valence-corrected chi connectivity index (χ4v) is 3.70. The van der Waals surface area contributed by atoms with E-state index >= 15 is 0 Å². The lowest BCUT2D eigenvalue weighted by Crippen LogP contribution is -2.34. The van der Waals surface area contributed by atoms with Crippen LogP contribution >= 0.6 is 0 Å². The molecule has 0 bridgehead atoms. The third kappa shape index (κ3) is 3.96. The Balaban J connectivity index is 1.56. The fourth-order valence-electron chi connectivity index (χ4n) is 3.70. The van der Waals surface area contributed by atoms with Gasteiger partial charge in [-0.2, -0.15) is 0 Å². The molecule has 1 aliphatic heterocycles. The van der Waals surface area contributed by atoms with Crippen LogP contribution in [0.4, 0.5) is 4.79 Å². The molecule has 5 heteroatoms. The highest BCUT2D eigenvalue weighted by atomic mass is 16.8. The van der Waals surface area contributed by atoms with E-state index in [0.717, 1.165) is 11.1 Å². The van der Waals surface area contributed by atoms with Crippen LogP contribution in [0.15, 0.2) is 72.8 Å². The van der Waals surface area contributed by atoms with Crippen LogP contribution in [0.5, 0.6) is 0 Å². The van der Waals surface area contributed by atoms with Crippen molar-refractivity contribution in [1.29, 1.82) is 0 Å². The summed E-state index contributed by atoms with van der Waals surface area (Å²) in [4.78, 5) is 11.6. The van der Waals surface area contributed by atoms with E-state index in [1.54, 1.807) is 6.92 Å². The minimum absolute atomic E-state index is 0.212. The molecule has 2 aromatic carbocycles. The van der Waals surface area contributed by atoms with Gasteiger partial charge in [-0.05, 0) is 36.6 Å². The van der Waals surface area contributed by atoms with E-state index in [0.29, 0.717) is 19.4 Å². The van der Waals surface area contributed by atoms with Crippen LogP contribution in [0.25, 0.3) is 0 Å². The molecule has 0 N–H and O–H groups in total. The van der Waals surface area contributed by atoms with Crippen molar-refractivity contribution in [1.82, 2.24) is 0 Å². The van der Waals surface area contributed by atoms with Crippen LogP contribution in [0.3, 0.4) is 0 Å². The molecule has 1 saturated heterocycles. The van der Waals surface area contributed by atoms with Crippen molar-refractivity contribution in [3.63, 3.8) is 0 Å². The van der Waals surface area contributed by atoms with E-state index in [4.69, 9.17) is 18.9 Å². The number of carbonyl (C=O) groups is 1. The number of hydrogen-bond acceptors (Lipinski definition) is 5. The van der Waals surface area contributed by atoms with Gasteiger partial charge in [0.1, 0.15) is 18.3 Å². The number of hydrogen-bond donors (Lipinski definition) is 0. The normalized spacial score (nSPS) is 25.5. The van der Waals surface area contributed by atoms with Crippen molar-refractivity contribution >= 4 is 6.16 Å². The Morgan fingerprint density at radius 2 is 1.57 bits per heavy atom. The topological polar surface area (TPSA) is 54.0 Å².